The second-order valence-corrected chi connectivity index (χ2v) is 5.39. The highest BCUT2D eigenvalue weighted by molar-refractivity contribution is 9.10. The summed E-state index contributed by atoms with van der Waals surface area (Å²) >= 11 is 3.41. The molecule has 0 amide bonds. The maximum Gasteiger partial charge on any atom is 0.122 e. The Morgan fingerprint density at radius 3 is 2.76 bits per heavy atom. The fourth-order valence-electron chi connectivity index (χ4n) is 1.45. The molecule has 1 unspecified atom stereocenters. The van der Waals surface area contributed by atoms with Crippen LogP contribution in [0.3, 0.4) is 0 Å². The Balaban J connectivity index is 2.54. The van der Waals surface area contributed by atoms with Crippen molar-refractivity contribution in [3.05, 3.63) is 28.2 Å². The first kappa shape index (κ1) is 14.5. The van der Waals surface area contributed by atoms with Crippen LogP contribution in [-0.2, 0) is 0 Å². The Morgan fingerprint density at radius 2 is 2.18 bits per heavy atom. The van der Waals surface area contributed by atoms with Gasteiger partial charge in [-0.1, -0.05) is 22.9 Å². The monoisotopic (exact) mass is 301 g/mol. The molecule has 4 heteroatoms. The van der Waals surface area contributed by atoms with Gasteiger partial charge >= 0.3 is 0 Å². The molecule has 2 N–H and O–H groups in total. The van der Waals surface area contributed by atoms with Gasteiger partial charge in [0.15, 0.2) is 0 Å². The van der Waals surface area contributed by atoms with Crippen LogP contribution < -0.4 is 10.1 Å². The predicted octanol–water partition coefficient (Wildman–Crippen LogP) is 2.50. The molecule has 1 atom stereocenters. The fourth-order valence-corrected chi connectivity index (χ4v) is 1.93. The van der Waals surface area contributed by atoms with Crippen LogP contribution in [0.1, 0.15) is 19.4 Å². The van der Waals surface area contributed by atoms with E-state index in [2.05, 4.69) is 21.2 Å². The Kier molecular flexibility index (Phi) is 5.43. The Labute approximate surface area is 111 Å². The van der Waals surface area contributed by atoms with Crippen molar-refractivity contribution in [3.8, 4) is 5.75 Å². The largest absolute Gasteiger partial charge is 0.490 e. The number of aliphatic hydroxyl groups is 1. The van der Waals surface area contributed by atoms with Gasteiger partial charge < -0.3 is 15.2 Å². The summed E-state index contributed by atoms with van der Waals surface area (Å²) < 4.78 is 6.67. The van der Waals surface area contributed by atoms with Gasteiger partial charge in [-0.05, 0) is 44.2 Å². The minimum Gasteiger partial charge on any atom is -0.490 e. The van der Waals surface area contributed by atoms with E-state index in [4.69, 9.17) is 4.74 Å². The number of ether oxygens (including phenoxy) is 1. The van der Waals surface area contributed by atoms with Gasteiger partial charge in [0.05, 0.1) is 0 Å². The van der Waals surface area contributed by atoms with Gasteiger partial charge in [-0.15, -0.1) is 0 Å². The van der Waals surface area contributed by atoms with Gasteiger partial charge in [-0.2, -0.15) is 0 Å². The third-order valence-electron chi connectivity index (χ3n) is 2.43. The summed E-state index contributed by atoms with van der Waals surface area (Å²) in [6.07, 6.45) is 0. The van der Waals surface area contributed by atoms with Crippen LogP contribution in [0.5, 0.6) is 5.75 Å². The quantitative estimate of drug-likeness (QED) is 0.848. The number of aryl methyl sites for hydroxylation is 1. The first-order valence-corrected chi connectivity index (χ1v) is 6.56. The minimum atomic E-state index is -0.852. The van der Waals surface area contributed by atoms with Crippen molar-refractivity contribution in [1.29, 1.82) is 0 Å². The van der Waals surface area contributed by atoms with Crippen LogP contribution in [0.4, 0.5) is 0 Å². The molecule has 1 aromatic carbocycles. The summed E-state index contributed by atoms with van der Waals surface area (Å²) in [5, 5.41) is 13.2. The summed E-state index contributed by atoms with van der Waals surface area (Å²) in [5.41, 5.74) is 0.203. The summed E-state index contributed by atoms with van der Waals surface area (Å²) in [4.78, 5) is 0. The zero-order chi connectivity index (χ0) is 12.9. The zero-order valence-corrected chi connectivity index (χ0v) is 12.2. The van der Waals surface area contributed by atoms with Crippen molar-refractivity contribution in [2.24, 2.45) is 0 Å². The molecule has 0 aromatic heterocycles. The first-order valence-electron chi connectivity index (χ1n) is 5.76. The lowest BCUT2D eigenvalue weighted by Gasteiger charge is -2.24. The van der Waals surface area contributed by atoms with Crippen LogP contribution in [0.25, 0.3) is 0 Å². The molecule has 0 aliphatic rings. The molecule has 0 aliphatic carbocycles. The Morgan fingerprint density at radius 1 is 1.47 bits per heavy atom. The molecule has 17 heavy (non-hydrogen) atoms. The van der Waals surface area contributed by atoms with Gasteiger partial charge in [0.1, 0.15) is 18.0 Å². The molecule has 0 radical (unpaired) electrons. The van der Waals surface area contributed by atoms with Gasteiger partial charge in [-0.3, -0.25) is 0 Å². The second kappa shape index (κ2) is 6.38. The minimum absolute atomic E-state index is 0.280. The first-order chi connectivity index (χ1) is 7.94. The van der Waals surface area contributed by atoms with Crippen molar-refractivity contribution < 1.29 is 9.84 Å². The number of hydrogen-bond acceptors (Lipinski definition) is 3. The zero-order valence-electron chi connectivity index (χ0n) is 10.6. The number of halogens is 1. The van der Waals surface area contributed by atoms with E-state index in [1.54, 1.807) is 6.92 Å². The van der Waals surface area contributed by atoms with Gasteiger partial charge in [-0.25, -0.2) is 0 Å². The normalized spacial score (nSPS) is 14.4. The number of hydrogen-bond donors (Lipinski definition) is 2. The van der Waals surface area contributed by atoms with Gasteiger partial charge in [0.2, 0.25) is 0 Å². The van der Waals surface area contributed by atoms with Crippen LogP contribution >= 0.6 is 15.9 Å². The summed E-state index contributed by atoms with van der Waals surface area (Å²) in [7, 11) is 0. The molecule has 0 saturated heterocycles. The van der Waals surface area contributed by atoms with Gasteiger partial charge in [0.25, 0.3) is 0 Å². The maximum atomic E-state index is 10.1. The standard InChI is InChI=1S/C13H20BrNO2/c1-4-15-8-13(3,16)9-17-12-6-5-11(14)7-10(12)2/h5-7,15-16H,4,8-9H2,1-3H3. The molecule has 0 fully saturated rings. The van der Waals surface area contributed by atoms with E-state index < -0.39 is 5.60 Å². The van der Waals surface area contributed by atoms with E-state index in [9.17, 15) is 5.11 Å². The van der Waals surface area contributed by atoms with Gasteiger partial charge in [0, 0.05) is 11.0 Å². The lowest BCUT2D eigenvalue weighted by molar-refractivity contribution is 0.0125. The molecule has 0 aliphatic heterocycles. The second-order valence-electron chi connectivity index (χ2n) is 4.48. The predicted molar refractivity (Wildman–Crippen MR) is 73.5 cm³/mol. The molecule has 1 rings (SSSR count). The lowest BCUT2D eigenvalue weighted by Crippen LogP contribution is -2.42. The highest BCUT2D eigenvalue weighted by Crippen LogP contribution is 2.22. The lowest BCUT2D eigenvalue weighted by atomic mass is 10.1. The van der Waals surface area contributed by atoms with E-state index in [-0.39, 0.29) is 6.61 Å². The highest BCUT2D eigenvalue weighted by atomic mass is 79.9. The summed E-state index contributed by atoms with van der Waals surface area (Å²) in [6, 6.07) is 5.83. The number of benzene rings is 1. The number of nitrogens with one attached hydrogen (secondary N) is 1. The smallest absolute Gasteiger partial charge is 0.122 e. The number of likely N-dealkylation sites (N-methyl/N-ethyl adjacent to an activating group) is 1. The molecular weight excluding hydrogens is 282 g/mol. The third kappa shape index (κ3) is 5.06. The maximum absolute atomic E-state index is 10.1. The Hall–Kier alpha value is -0.580. The molecule has 3 nitrogen and oxygen atoms in total. The van der Waals surface area contributed by atoms with Crippen LogP contribution in [0, 0.1) is 6.92 Å². The SMILES string of the molecule is CCNCC(C)(O)COc1ccc(Br)cc1C. The van der Waals surface area contributed by atoms with Crippen LogP contribution in [-0.4, -0.2) is 30.4 Å². The van der Waals surface area contributed by atoms with E-state index in [1.165, 1.54) is 0 Å². The molecular formula is C13H20BrNO2. The molecule has 0 heterocycles. The van der Waals surface area contributed by atoms with Crippen molar-refractivity contribution >= 4 is 15.9 Å². The number of rotatable bonds is 6. The molecule has 0 saturated carbocycles. The third-order valence-corrected chi connectivity index (χ3v) is 2.92. The average Bonchev–Trinajstić information content (AvgIpc) is 2.25. The van der Waals surface area contributed by atoms with E-state index in [1.807, 2.05) is 32.0 Å². The van der Waals surface area contributed by atoms with E-state index in [0.717, 1.165) is 22.3 Å². The molecule has 1 aromatic rings. The summed E-state index contributed by atoms with van der Waals surface area (Å²) in [5.74, 6) is 0.810. The highest BCUT2D eigenvalue weighted by Gasteiger charge is 2.20. The van der Waals surface area contributed by atoms with Crippen LogP contribution in [0.15, 0.2) is 22.7 Å². The van der Waals surface area contributed by atoms with Crippen molar-refractivity contribution in [1.82, 2.24) is 5.32 Å². The van der Waals surface area contributed by atoms with E-state index >= 15 is 0 Å². The van der Waals surface area contributed by atoms with Crippen molar-refractivity contribution in [2.75, 3.05) is 19.7 Å². The van der Waals surface area contributed by atoms with Crippen LogP contribution in [0.2, 0.25) is 0 Å². The molecule has 96 valence electrons. The topological polar surface area (TPSA) is 41.5 Å². The Bertz CT molecular complexity index is 366. The summed E-state index contributed by atoms with van der Waals surface area (Å²) in [6.45, 7) is 7.41. The van der Waals surface area contributed by atoms with Crippen molar-refractivity contribution in [3.63, 3.8) is 0 Å². The fraction of sp³-hybridized carbons (Fsp3) is 0.538. The van der Waals surface area contributed by atoms with E-state index in [0.29, 0.717) is 6.54 Å². The molecule has 0 bridgehead atoms. The van der Waals surface area contributed by atoms with Crippen molar-refractivity contribution in [2.45, 2.75) is 26.4 Å². The average molecular weight is 302 g/mol. The molecule has 0 spiro atoms.